The monoisotopic (exact) mass is 493 g/mol. The van der Waals surface area contributed by atoms with Crippen LogP contribution in [0, 0.1) is 0 Å². The summed E-state index contributed by atoms with van der Waals surface area (Å²) < 4.78 is 3.84. The lowest BCUT2D eigenvalue weighted by Crippen LogP contribution is -2.33. The van der Waals surface area contributed by atoms with E-state index >= 15 is 0 Å². The molecule has 4 aromatic carbocycles. The quantitative estimate of drug-likeness (QED) is 0.226. The van der Waals surface area contributed by atoms with Crippen molar-refractivity contribution in [3.8, 4) is 0 Å². The highest BCUT2D eigenvalue weighted by molar-refractivity contribution is 8.03. The average Bonchev–Trinajstić information content (AvgIpc) is 3.45. The number of thiazole rings is 1. The molecule has 0 saturated carbocycles. The maximum Gasteiger partial charge on any atom is 0.263 e. The normalized spacial score (nSPS) is 15.1. The SMILES string of the molecule is CCC(=C\c1sc2ccc3ccccc3c2[n+]1CC)/C=C1/Sc2ccc3ccccc3c2N1CC. The van der Waals surface area contributed by atoms with Crippen molar-refractivity contribution in [2.24, 2.45) is 0 Å². The first kappa shape index (κ1) is 22.4. The Morgan fingerprint density at radius 2 is 1.57 bits per heavy atom. The first-order valence-electron chi connectivity index (χ1n) is 12.4. The van der Waals surface area contributed by atoms with Crippen molar-refractivity contribution in [3.63, 3.8) is 0 Å². The van der Waals surface area contributed by atoms with E-state index in [1.807, 2.05) is 23.1 Å². The van der Waals surface area contributed by atoms with E-state index in [2.05, 4.69) is 115 Å². The van der Waals surface area contributed by atoms with Gasteiger partial charge in [-0.3, -0.25) is 0 Å². The van der Waals surface area contributed by atoms with Crippen molar-refractivity contribution < 1.29 is 4.57 Å². The van der Waals surface area contributed by atoms with Gasteiger partial charge in [0, 0.05) is 22.9 Å². The van der Waals surface area contributed by atoms with Crippen LogP contribution in [0.25, 0.3) is 37.8 Å². The Kier molecular flexibility index (Phi) is 5.87. The van der Waals surface area contributed by atoms with Gasteiger partial charge in [0.2, 0.25) is 5.52 Å². The molecule has 1 aliphatic heterocycles. The minimum Gasteiger partial charge on any atom is -0.335 e. The summed E-state index contributed by atoms with van der Waals surface area (Å²) in [6.45, 7) is 8.69. The third-order valence-corrected chi connectivity index (χ3v) is 9.08. The zero-order valence-electron chi connectivity index (χ0n) is 20.4. The van der Waals surface area contributed by atoms with Crippen LogP contribution >= 0.6 is 23.1 Å². The van der Waals surface area contributed by atoms with Crippen molar-refractivity contribution in [2.45, 2.75) is 38.6 Å². The van der Waals surface area contributed by atoms with Gasteiger partial charge in [-0.2, -0.15) is 4.57 Å². The molecule has 5 aromatic rings. The van der Waals surface area contributed by atoms with E-state index in [0.29, 0.717) is 0 Å². The largest absolute Gasteiger partial charge is 0.335 e. The molecular formula is C31H29N2S2+. The molecule has 0 radical (unpaired) electrons. The van der Waals surface area contributed by atoms with E-state index in [9.17, 15) is 0 Å². The third kappa shape index (κ3) is 3.76. The molecule has 0 bridgehead atoms. The van der Waals surface area contributed by atoms with Crippen molar-refractivity contribution in [2.75, 3.05) is 11.4 Å². The number of aryl methyl sites for hydroxylation is 1. The van der Waals surface area contributed by atoms with Crippen LogP contribution in [0.3, 0.4) is 0 Å². The number of anilines is 1. The molecule has 1 aliphatic rings. The molecular weight excluding hydrogens is 464 g/mol. The van der Waals surface area contributed by atoms with Crippen molar-refractivity contribution >= 4 is 66.6 Å². The molecule has 174 valence electrons. The molecule has 0 saturated heterocycles. The molecule has 0 atom stereocenters. The van der Waals surface area contributed by atoms with Gasteiger partial charge < -0.3 is 4.90 Å². The summed E-state index contributed by atoms with van der Waals surface area (Å²) in [4.78, 5) is 3.84. The van der Waals surface area contributed by atoms with E-state index in [1.165, 1.54) is 58.0 Å². The molecule has 1 aromatic heterocycles. The maximum absolute atomic E-state index is 2.48. The number of benzene rings is 4. The van der Waals surface area contributed by atoms with E-state index in [-0.39, 0.29) is 0 Å². The highest BCUT2D eigenvalue weighted by Gasteiger charge is 2.26. The zero-order chi connectivity index (χ0) is 23.9. The van der Waals surface area contributed by atoms with Gasteiger partial charge in [0.25, 0.3) is 5.01 Å². The highest BCUT2D eigenvalue weighted by atomic mass is 32.2. The second-order valence-corrected chi connectivity index (χ2v) is 11.0. The van der Waals surface area contributed by atoms with Gasteiger partial charge in [-0.05, 0) is 60.9 Å². The van der Waals surface area contributed by atoms with Crippen LogP contribution in [0.15, 0.2) is 94.4 Å². The Hall–Kier alpha value is -3.08. The molecule has 35 heavy (non-hydrogen) atoms. The van der Waals surface area contributed by atoms with Crippen LogP contribution < -0.4 is 9.47 Å². The second kappa shape index (κ2) is 9.18. The Morgan fingerprint density at radius 1 is 0.857 bits per heavy atom. The van der Waals surface area contributed by atoms with Crippen LogP contribution in [-0.2, 0) is 6.54 Å². The Morgan fingerprint density at radius 3 is 2.31 bits per heavy atom. The van der Waals surface area contributed by atoms with Crippen molar-refractivity contribution in [1.82, 2.24) is 0 Å². The van der Waals surface area contributed by atoms with Gasteiger partial charge in [-0.1, -0.05) is 84.6 Å². The average molecular weight is 494 g/mol. The number of fused-ring (bicyclic) bond motifs is 6. The standard InChI is InChI=1S/C31H29N2S2/c1-4-21(19-28-32(5-2)30-24-13-9-7-11-22(24)15-17-26(30)34-28)20-29-33(6-3)31-25-14-10-8-12-23(25)16-18-27(31)35-29/h7-20H,4-6H2,1-3H3/q+1. The van der Waals surface area contributed by atoms with Gasteiger partial charge in [0.15, 0.2) is 0 Å². The fraction of sp³-hybridized carbons (Fsp3) is 0.194. The molecule has 0 aliphatic carbocycles. The Balaban J connectivity index is 1.46. The zero-order valence-corrected chi connectivity index (χ0v) is 22.0. The number of rotatable bonds is 5. The van der Waals surface area contributed by atoms with Crippen molar-refractivity contribution in [3.05, 3.63) is 94.5 Å². The van der Waals surface area contributed by atoms with Crippen LogP contribution in [0.2, 0.25) is 0 Å². The number of aromatic nitrogens is 1. The van der Waals surface area contributed by atoms with Crippen LogP contribution in [0.1, 0.15) is 32.2 Å². The van der Waals surface area contributed by atoms with Crippen molar-refractivity contribution in [1.29, 1.82) is 0 Å². The predicted octanol–water partition coefficient (Wildman–Crippen LogP) is 8.78. The Labute approximate surface area is 215 Å². The molecule has 0 spiro atoms. The topological polar surface area (TPSA) is 7.12 Å². The minimum absolute atomic E-state index is 0.959. The number of nitrogens with zero attached hydrogens (tertiary/aromatic N) is 2. The lowest BCUT2D eigenvalue weighted by molar-refractivity contribution is -0.664. The Bertz CT molecular complexity index is 1640. The molecule has 4 heteroatoms. The fourth-order valence-electron chi connectivity index (χ4n) is 5.15. The van der Waals surface area contributed by atoms with E-state index in [0.717, 1.165) is 19.5 Å². The van der Waals surface area contributed by atoms with Gasteiger partial charge in [0.1, 0.15) is 11.2 Å². The lowest BCUT2D eigenvalue weighted by atomic mass is 10.1. The molecule has 2 heterocycles. The molecule has 0 unspecified atom stereocenters. The van der Waals surface area contributed by atoms with E-state index in [4.69, 9.17) is 0 Å². The van der Waals surface area contributed by atoms with Gasteiger partial charge in [-0.15, -0.1) is 0 Å². The van der Waals surface area contributed by atoms with Crippen LogP contribution in [-0.4, -0.2) is 6.54 Å². The summed E-state index contributed by atoms with van der Waals surface area (Å²) in [5.74, 6) is 0. The number of hydrogen-bond acceptors (Lipinski definition) is 3. The summed E-state index contributed by atoms with van der Waals surface area (Å²) in [6.07, 6.45) is 5.81. The summed E-state index contributed by atoms with van der Waals surface area (Å²) in [5, 5.41) is 7.93. The third-order valence-electron chi connectivity index (χ3n) is 6.89. The second-order valence-electron chi connectivity index (χ2n) is 8.85. The minimum atomic E-state index is 0.959. The highest BCUT2D eigenvalue weighted by Crippen LogP contribution is 2.49. The molecule has 6 rings (SSSR count). The molecule has 0 fully saturated rings. The summed E-state index contributed by atoms with van der Waals surface area (Å²) in [6, 6.07) is 26.5. The molecule has 0 amide bonds. The number of allylic oxidation sites excluding steroid dienone is 2. The summed E-state index contributed by atoms with van der Waals surface area (Å²) >= 11 is 3.80. The smallest absolute Gasteiger partial charge is 0.263 e. The van der Waals surface area contributed by atoms with Gasteiger partial charge in [0.05, 0.1) is 16.1 Å². The van der Waals surface area contributed by atoms with E-state index < -0.39 is 0 Å². The first-order chi connectivity index (χ1) is 17.2. The van der Waals surface area contributed by atoms with Gasteiger partial charge in [-0.25, -0.2) is 0 Å². The summed E-state index contributed by atoms with van der Waals surface area (Å²) in [5.41, 5.74) is 4.07. The lowest BCUT2D eigenvalue weighted by Gasteiger charge is -2.20. The van der Waals surface area contributed by atoms with Crippen LogP contribution in [0.4, 0.5) is 5.69 Å². The fourth-order valence-corrected chi connectivity index (χ4v) is 7.59. The molecule has 2 nitrogen and oxygen atoms in total. The maximum atomic E-state index is 2.48. The van der Waals surface area contributed by atoms with Crippen LogP contribution in [0.5, 0.6) is 0 Å². The number of hydrogen-bond donors (Lipinski definition) is 0. The number of thioether (sulfide) groups is 1. The first-order valence-corrected chi connectivity index (χ1v) is 14.1. The summed E-state index contributed by atoms with van der Waals surface area (Å²) in [7, 11) is 0. The predicted molar refractivity (Wildman–Crippen MR) is 154 cm³/mol. The molecule has 0 N–H and O–H groups in total. The van der Waals surface area contributed by atoms with E-state index in [1.54, 1.807) is 0 Å². The van der Waals surface area contributed by atoms with Gasteiger partial charge >= 0.3 is 0 Å².